The number of hydrogen-bond acceptors (Lipinski definition) is 2. The molecule has 0 N–H and O–H groups in total. The average molecular weight is 248 g/mol. The number of ketones is 1. The van der Waals surface area contributed by atoms with Gasteiger partial charge in [-0.3, -0.25) is 4.79 Å². The summed E-state index contributed by atoms with van der Waals surface area (Å²) in [7, 11) is 0. The molecular weight excluding hydrogens is 244 g/mol. The summed E-state index contributed by atoms with van der Waals surface area (Å²) in [6, 6.07) is 7.80. The van der Waals surface area contributed by atoms with Gasteiger partial charge in [0.2, 0.25) is 5.78 Å². The topological polar surface area (TPSA) is 40.9 Å². The molecule has 0 amide bonds. The van der Waals surface area contributed by atoms with Gasteiger partial charge in [-0.2, -0.15) is 5.26 Å². The summed E-state index contributed by atoms with van der Waals surface area (Å²) >= 11 is 16.2. The zero-order valence-corrected chi connectivity index (χ0v) is 9.07. The normalized spacial score (nSPS) is 10.7. The van der Waals surface area contributed by atoms with E-state index in [9.17, 15) is 4.79 Å². The van der Waals surface area contributed by atoms with E-state index in [-0.39, 0.29) is 5.56 Å². The van der Waals surface area contributed by atoms with E-state index in [1.165, 1.54) is 24.3 Å². The molecule has 0 atom stereocenters. The molecule has 1 rings (SSSR count). The number of halogens is 3. The SMILES string of the molecule is N#Cc1ccc(C(=O)C(Cl)(Cl)Cl)cc1. The lowest BCUT2D eigenvalue weighted by molar-refractivity contribution is 0.0996. The van der Waals surface area contributed by atoms with Crippen LogP contribution in [0.3, 0.4) is 0 Å². The van der Waals surface area contributed by atoms with Gasteiger partial charge in [-0.1, -0.05) is 34.8 Å². The number of carbonyl (C=O) groups is 1. The van der Waals surface area contributed by atoms with Crippen molar-refractivity contribution in [3.05, 3.63) is 35.4 Å². The second-order valence-electron chi connectivity index (χ2n) is 2.52. The molecule has 0 spiro atoms. The van der Waals surface area contributed by atoms with E-state index in [0.29, 0.717) is 5.56 Å². The smallest absolute Gasteiger partial charge is 0.253 e. The molecule has 0 aliphatic heterocycles. The van der Waals surface area contributed by atoms with Crippen LogP contribution in [0.5, 0.6) is 0 Å². The Morgan fingerprint density at radius 3 is 2.07 bits per heavy atom. The third-order valence-electron chi connectivity index (χ3n) is 1.53. The molecule has 5 heteroatoms. The zero-order valence-electron chi connectivity index (χ0n) is 6.80. The van der Waals surface area contributed by atoms with Crippen molar-refractivity contribution in [1.82, 2.24) is 0 Å². The fourth-order valence-corrected chi connectivity index (χ4v) is 1.19. The molecule has 0 aliphatic rings. The van der Waals surface area contributed by atoms with E-state index in [2.05, 4.69) is 0 Å². The van der Waals surface area contributed by atoms with Crippen molar-refractivity contribution in [2.75, 3.05) is 0 Å². The van der Waals surface area contributed by atoms with Crippen LogP contribution < -0.4 is 0 Å². The Bertz CT molecular complexity index is 386. The van der Waals surface area contributed by atoms with Gasteiger partial charge in [0.25, 0.3) is 3.79 Å². The van der Waals surface area contributed by atoms with Crippen molar-refractivity contribution in [3.63, 3.8) is 0 Å². The summed E-state index contributed by atoms with van der Waals surface area (Å²) in [5.41, 5.74) is 0.717. The molecule has 72 valence electrons. The van der Waals surface area contributed by atoms with Crippen LogP contribution in [0, 0.1) is 11.3 Å². The number of rotatable bonds is 1. The molecule has 0 heterocycles. The number of benzene rings is 1. The molecule has 0 saturated carbocycles. The Labute approximate surface area is 96.0 Å². The number of Topliss-reactive ketones (excluding diaryl/α,β-unsaturated/α-hetero) is 1. The van der Waals surface area contributed by atoms with Gasteiger partial charge < -0.3 is 0 Å². The lowest BCUT2D eigenvalue weighted by Crippen LogP contribution is -2.18. The van der Waals surface area contributed by atoms with Crippen LogP contribution in [0.1, 0.15) is 15.9 Å². The van der Waals surface area contributed by atoms with Gasteiger partial charge in [-0.15, -0.1) is 0 Å². The molecular formula is C9H4Cl3NO. The Morgan fingerprint density at radius 1 is 1.21 bits per heavy atom. The first-order chi connectivity index (χ1) is 6.45. The fraction of sp³-hybridized carbons (Fsp3) is 0.111. The molecule has 0 fully saturated rings. The van der Waals surface area contributed by atoms with Gasteiger partial charge in [0, 0.05) is 5.56 Å². The minimum Gasteiger partial charge on any atom is -0.289 e. The molecule has 0 bridgehead atoms. The molecule has 0 saturated heterocycles. The van der Waals surface area contributed by atoms with E-state index >= 15 is 0 Å². The molecule has 1 aromatic rings. The first-order valence-electron chi connectivity index (χ1n) is 3.57. The average Bonchev–Trinajstić information content (AvgIpc) is 2.15. The largest absolute Gasteiger partial charge is 0.289 e. The molecule has 14 heavy (non-hydrogen) atoms. The maximum atomic E-state index is 11.4. The third kappa shape index (κ3) is 2.62. The molecule has 0 radical (unpaired) electrons. The summed E-state index contributed by atoms with van der Waals surface area (Å²) in [6.45, 7) is 0. The highest BCUT2D eigenvalue weighted by Gasteiger charge is 2.31. The highest BCUT2D eigenvalue weighted by atomic mass is 35.6. The summed E-state index contributed by atoms with van der Waals surface area (Å²) in [5.74, 6) is -0.605. The van der Waals surface area contributed by atoms with Crippen molar-refractivity contribution in [2.24, 2.45) is 0 Å². The van der Waals surface area contributed by atoms with Gasteiger partial charge in [-0.25, -0.2) is 0 Å². The lowest BCUT2D eigenvalue weighted by atomic mass is 10.1. The monoisotopic (exact) mass is 247 g/mol. The van der Waals surface area contributed by atoms with Crippen molar-refractivity contribution in [2.45, 2.75) is 3.79 Å². The van der Waals surface area contributed by atoms with Crippen LogP contribution in [0.15, 0.2) is 24.3 Å². The number of alkyl halides is 3. The summed E-state index contributed by atoms with van der Waals surface area (Å²) in [5, 5.41) is 8.51. The molecule has 2 nitrogen and oxygen atoms in total. The second kappa shape index (κ2) is 4.18. The first-order valence-corrected chi connectivity index (χ1v) is 4.70. The van der Waals surface area contributed by atoms with E-state index in [0.717, 1.165) is 0 Å². The Hall–Kier alpha value is -0.750. The van der Waals surface area contributed by atoms with E-state index in [1.807, 2.05) is 6.07 Å². The maximum absolute atomic E-state index is 11.4. The number of carbonyl (C=O) groups excluding carboxylic acids is 1. The molecule has 1 aromatic carbocycles. The van der Waals surface area contributed by atoms with Crippen LogP contribution in [-0.4, -0.2) is 9.58 Å². The molecule has 0 aliphatic carbocycles. The standard InChI is InChI=1S/C9H4Cl3NO/c10-9(11,12)8(14)7-3-1-6(5-13)2-4-7/h1-4H. The van der Waals surface area contributed by atoms with Crippen LogP contribution >= 0.6 is 34.8 Å². The Kier molecular flexibility index (Phi) is 3.38. The van der Waals surface area contributed by atoms with Crippen LogP contribution in [-0.2, 0) is 0 Å². The van der Waals surface area contributed by atoms with E-state index in [4.69, 9.17) is 40.1 Å². The second-order valence-corrected chi connectivity index (χ2v) is 4.80. The van der Waals surface area contributed by atoms with E-state index in [1.54, 1.807) is 0 Å². The van der Waals surface area contributed by atoms with Crippen LogP contribution in [0.4, 0.5) is 0 Å². The van der Waals surface area contributed by atoms with Gasteiger partial charge in [0.1, 0.15) is 0 Å². The zero-order chi connectivity index (χ0) is 10.8. The summed E-state index contributed by atoms with van der Waals surface area (Å²) < 4.78 is -1.95. The van der Waals surface area contributed by atoms with Crippen molar-refractivity contribution < 1.29 is 4.79 Å². The highest BCUT2D eigenvalue weighted by molar-refractivity contribution is 6.77. The van der Waals surface area contributed by atoms with Crippen molar-refractivity contribution in [3.8, 4) is 6.07 Å². The minimum atomic E-state index is -1.95. The Balaban J connectivity index is 3.00. The van der Waals surface area contributed by atoms with Gasteiger partial charge in [0.05, 0.1) is 11.6 Å². The summed E-state index contributed by atoms with van der Waals surface area (Å²) in [4.78, 5) is 11.4. The predicted molar refractivity (Wildman–Crippen MR) is 55.8 cm³/mol. The van der Waals surface area contributed by atoms with Gasteiger partial charge in [-0.05, 0) is 24.3 Å². The number of hydrogen-bond donors (Lipinski definition) is 0. The van der Waals surface area contributed by atoms with Crippen molar-refractivity contribution >= 4 is 40.6 Å². The summed E-state index contributed by atoms with van der Waals surface area (Å²) in [6.07, 6.45) is 0. The minimum absolute atomic E-state index is 0.268. The Morgan fingerprint density at radius 2 is 1.71 bits per heavy atom. The number of nitriles is 1. The van der Waals surface area contributed by atoms with Crippen molar-refractivity contribution in [1.29, 1.82) is 5.26 Å². The molecule has 0 unspecified atom stereocenters. The van der Waals surface area contributed by atoms with Gasteiger partial charge in [0.15, 0.2) is 0 Å². The molecule has 0 aromatic heterocycles. The fourth-order valence-electron chi connectivity index (χ4n) is 0.860. The highest BCUT2D eigenvalue weighted by Crippen LogP contribution is 2.30. The first kappa shape index (κ1) is 11.3. The predicted octanol–water partition coefficient (Wildman–Crippen LogP) is 3.11. The maximum Gasteiger partial charge on any atom is 0.253 e. The van der Waals surface area contributed by atoms with E-state index < -0.39 is 9.58 Å². The lowest BCUT2D eigenvalue weighted by Gasteiger charge is -2.08. The number of nitrogens with zero attached hydrogens (tertiary/aromatic N) is 1. The van der Waals surface area contributed by atoms with Crippen LogP contribution in [0.2, 0.25) is 0 Å². The van der Waals surface area contributed by atoms with Gasteiger partial charge >= 0.3 is 0 Å². The quantitative estimate of drug-likeness (QED) is 0.566. The van der Waals surface area contributed by atoms with Crippen LogP contribution in [0.25, 0.3) is 0 Å². The third-order valence-corrected chi connectivity index (χ3v) is 2.05.